The first-order valence-corrected chi connectivity index (χ1v) is 7.60. The minimum atomic E-state index is -0.274. The molecular weight excluding hydrogens is 232 g/mol. The summed E-state index contributed by atoms with van der Waals surface area (Å²) in [7, 11) is 1.53. The first-order valence-electron chi connectivity index (χ1n) is 6.66. The molecule has 0 saturated heterocycles. The number of hydrogen-bond donors (Lipinski definition) is 0. The third-order valence-corrected chi connectivity index (χ3v) is 5.51. The average Bonchev–Trinajstić information content (AvgIpc) is 2.87. The molecule has 0 aromatic heterocycles. The van der Waals surface area contributed by atoms with Crippen LogP contribution in [0.3, 0.4) is 0 Å². The minimum absolute atomic E-state index is 0.000744. The van der Waals surface area contributed by atoms with Crippen LogP contribution in [-0.2, 0) is 9.53 Å². The number of hydrogen-bond acceptors (Lipinski definition) is 3. The van der Waals surface area contributed by atoms with E-state index in [1.165, 1.54) is 25.5 Å². The van der Waals surface area contributed by atoms with E-state index in [9.17, 15) is 4.79 Å². The number of rotatable bonds is 3. The predicted octanol–water partition coefficient (Wildman–Crippen LogP) is 3.91. The molecule has 1 aliphatic heterocycles. The van der Waals surface area contributed by atoms with Gasteiger partial charge < -0.3 is 4.74 Å². The first-order chi connectivity index (χ1) is 8.23. The lowest BCUT2D eigenvalue weighted by Gasteiger charge is -2.36. The molecule has 0 aromatic carbocycles. The number of ether oxygens (including phenoxy) is 1. The Hall–Kier alpha value is -0.440. The number of thioether (sulfide) groups is 1. The number of carbonyl (C=O) groups excluding carboxylic acids is 1. The lowest BCUT2D eigenvalue weighted by molar-refractivity contribution is -0.152. The molecule has 1 saturated carbocycles. The van der Waals surface area contributed by atoms with Gasteiger partial charge in [0.05, 0.1) is 12.5 Å². The summed E-state index contributed by atoms with van der Waals surface area (Å²) in [4.78, 5) is 12.2. The highest BCUT2D eigenvalue weighted by atomic mass is 32.2. The molecule has 2 nitrogen and oxygen atoms in total. The van der Waals surface area contributed by atoms with Gasteiger partial charge in [-0.2, -0.15) is 0 Å². The van der Waals surface area contributed by atoms with Gasteiger partial charge in [0.25, 0.3) is 0 Å². The highest BCUT2D eigenvalue weighted by molar-refractivity contribution is 8.03. The van der Waals surface area contributed by atoms with Crippen LogP contribution in [0.1, 0.15) is 51.9 Å². The first kappa shape index (κ1) is 13.0. The van der Waals surface area contributed by atoms with Gasteiger partial charge in [0.15, 0.2) is 0 Å². The molecule has 0 spiro atoms. The smallest absolute Gasteiger partial charge is 0.315 e. The van der Waals surface area contributed by atoms with E-state index in [2.05, 4.69) is 12.3 Å². The SMILES string of the molecule is CCC1CC(C2(C(=O)OC)CCCCC2)=CS1. The zero-order valence-electron chi connectivity index (χ0n) is 10.8. The van der Waals surface area contributed by atoms with Crippen LogP contribution in [0.2, 0.25) is 0 Å². The molecule has 1 atom stereocenters. The van der Waals surface area contributed by atoms with Crippen molar-refractivity contribution >= 4 is 17.7 Å². The van der Waals surface area contributed by atoms with Gasteiger partial charge in [-0.3, -0.25) is 4.79 Å². The van der Waals surface area contributed by atoms with E-state index in [0.29, 0.717) is 5.25 Å². The lowest BCUT2D eigenvalue weighted by Crippen LogP contribution is -2.36. The van der Waals surface area contributed by atoms with Crippen molar-refractivity contribution in [1.82, 2.24) is 0 Å². The molecule has 3 heteroatoms. The van der Waals surface area contributed by atoms with Crippen molar-refractivity contribution in [2.45, 2.75) is 57.1 Å². The largest absolute Gasteiger partial charge is 0.468 e. The molecular formula is C14H22O2S. The van der Waals surface area contributed by atoms with Crippen molar-refractivity contribution in [3.05, 3.63) is 11.0 Å². The summed E-state index contributed by atoms with van der Waals surface area (Å²) < 4.78 is 5.09. The van der Waals surface area contributed by atoms with E-state index in [-0.39, 0.29) is 11.4 Å². The van der Waals surface area contributed by atoms with Gasteiger partial charge >= 0.3 is 5.97 Å². The van der Waals surface area contributed by atoms with Gasteiger partial charge in [-0.25, -0.2) is 0 Å². The Morgan fingerprint density at radius 3 is 2.71 bits per heavy atom. The Labute approximate surface area is 108 Å². The maximum absolute atomic E-state index is 12.2. The average molecular weight is 254 g/mol. The molecule has 2 aliphatic rings. The van der Waals surface area contributed by atoms with Crippen molar-refractivity contribution in [2.24, 2.45) is 5.41 Å². The lowest BCUT2D eigenvalue weighted by atomic mass is 9.68. The predicted molar refractivity (Wildman–Crippen MR) is 71.9 cm³/mol. The zero-order valence-corrected chi connectivity index (χ0v) is 11.6. The van der Waals surface area contributed by atoms with Crippen LogP contribution in [0.15, 0.2) is 11.0 Å². The Kier molecular flexibility index (Phi) is 4.18. The van der Waals surface area contributed by atoms with Crippen LogP contribution < -0.4 is 0 Å². The van der Waals surface area contributed by atoms with E-state index >= 15 is 0 Å². The maximum atomic E-state index is 12.2. The van der Waals surface area contributed by atoms with Crippen molar-refractivity contribution in [3.8, 4) is 0 Å². The molecule has 1 unspecified atom stereocenters. The van der Waals surface area contributed by atoms with Crippen LogP contribution in [0, 0.1) is 5.41 Å². The van der Waals surface area contributed by atoms with Gasteiger partial charge in [0.2, 0.25) is 0 Å². The Morgan fingerprint density at radius 2 is 2.18 bits per heavy atom. The van der Waals surface area contributed by atoms with Crippen molar-refractivity contribution in [3.63, 3.8) is 0 Å². The van der Waals surface area contributed by atoms with Crippen molar-refractivity contribution < 1.29 is 9.53 Å². The Balaban J connectivity index is 2.19. The van der Waals surface area contributed by atoms with Crippen molar-refractivity contribution in [2.75, 3.05) is 7.11 Å². The van der Waals surface area contributed by atoms with Crippen LogP contribution in [0.4, 0.5) is 0 Å². The summed E-state index contributed by atoms with van der Waals surface area (Å²) >= 11 is 1.90. The monoisotopic (exact) mass is 254 g/mol. The summed E-state index contributed by atoms with van der Waals surface area (Å²) in [6.07, 6.45) is 7.82. The van der Waals surface area contributed by atoms with Gasteiger partial charge in [-0.05, 0) is 36.7 Å². The number of carbonyl (C=O) groups is 1. The maximum Gasteiger partial charge on any atom is 0.315 e. The van der Waals surface area contributed by atoms with Gasteiger partial charge in [0.1, 0.15) is 0 Å². The number of methoxy groups -OCH3 is 1. The zero-order chi connectivity index (χ0) is 12.3. The van der Waals surface area contributed by atoms with Crippen LogP contribution >= 0.6 is 11.8 Å². The van der Waals surface area contributed by atoms with Crippen molar-refractivity contribution in [1.29, 1.82) is 0 Å². The summed E-state index contributed by atoms with van der Waals surface area (Å²) in [6.45, 7) is 2.22. The van der Waals surface area contributed by atoms with Gasteiger partial charge in [0, 0.05) is 5.25 Å². The van der Waals surface area contributed by atoms with Gasteiger partial charge in [-0.1, -0.05) is 26.2 Å². The highest BCUT2D eigenvalue weighted by Crippen LogP contribution is 2.50. The second-order valence-corrected chi connectivity index (χ2v) is 6.32. The molecule has 1 heterocycles. The molecule has 96 valence electrons. The third kappa shape index (κ3) is 2.40. The summed E-state index contributed by atoms with van der Waals surface area (Å²) in [5.74, 6) is 0.000744. The van der Waals surface area contributed by atoms with Crippen LogP contribution in [-0.4, -0.2) is 18.3 Å². The fraction of sp³-hybridized carbons (Fsp3) is 0.786. The van der Waals surface area contributed by atoms with E-state index < -0.39 is 0 Å². The van der Waals surface area contributed by atoms with Crippen LogP contribution in [0.5, 0.6) is 0 Å². The molecule has 1 fully saturated rings. The Morgan fingerprint density at radius 1 is 1.47 bits per heavy atom. The summed E-state index contributed by atoms with van der Waals surface area (Å²) in [5.41, 5.74) is 1.07. The second kappa shape index (κ2) is 5.47. The van der Waals surface area contributed by atoms with E-state index in [1.54, 1.807) is 0 Å². The Bertz CT molecular complexity index is 316. The molecule has 0 amide bonds. The van der Waals surface area contributed by atoms with Crippen LogP contribution in [0.25, 0.3) is 0 Å². The quantitative estimate of drug-likeness (QED) is 0.714. The minimum Gasteiger partial charge on any atom is -0.468 e. The highest BCUT2D eigenvalue weighted by Gasteiger charge is 2.45. The second-order valence-electron chi connectivity index (χ2n) is 5.15. The number of esters is 1. The van der Waals surface area contributed by atoms with E-state index in [0.717, 1.165) is 32.1 Å². The molecule has 0 bridgehead atoms. The summed E-state index contributed by atoms with van der Waals surface area (Å²) in [6, 6.07) is 0. The topological polar surface area (TPSA) is 26.3 Å². The normalized spacial score (nSPS) is 27.6. The fourth-order valence-electron chi connectivity index (χ4n) is 3.08. The van der Waals surface area contributed by atoms with Gasteiger partial charge in [-0.15, -0.1) is 11.8 Å². The van der Waals surface area contributed by atoms with E-state index in [1.807, 2.05) is 11.8 Å². The molecule has 1 aliphatic carbocycles. The summed E-state index contributed by atoms with van der Waals surface area (Å²) in [5, 5.41) is 2.92. The third-order valence-electron chi connectivity index (χ3n) is 4.20. The molecule has 0 N–H and O–H groups in total. The molecule has 2 rings (SSSR count). The van der Waals surface area contributed by atoms with E-state index in [4.69, 9.17) is 4.74 Å². The molecule has 0 radical (unpaired) electrons. The molecule has 0 aromatic rings. The standard InChI is InChI=1S/C14H22O2S/c1-3-12-9-11(10-17-12)14(13(15)16-2)7-5-4-6-8-14/h10,12H,3-9H2,1-2H3. The molecule has 17 heavy (non-hydrogen) atoms. The fourth-order valence-corrected chi connectivity index (χ4v) is 4.22.